The third-order valence-electron chi connectivity index (χ3n) is 2.43. The van der Waals surface area contributed by atoms with E-state index in [1.54, 1.807) is 6.20 Å². The van der Waals surface area contributed by atoms with Gasteiger partial charge in [0.2, 0.25) is 5.95 Å². The van der Waals surface area contributed by atoms with E-state index in [-0.39, 0.29) is 12.5 Å². The molecule has 0 amide bonds. The summed E-state index contributed by atoms with van der Waals surface area (Å²) >= 11 is 0. The number of nitrogens with two attached hydrogens (primary N) is 1. The first-order chi connectivity index (χ1) is 7.41. The minimum absolute atomic E-state index is 0.169. The van der Waals surface area contributed by atoms with Crippen molar-refractivity contribution in [1.29, 1.82) is 0 Å². The summed E-state index contributed by atoms with van der Waals surface area (Å²) in [5, 5.41) is 0. The van der Waals surface area contributed by atoms with Crippen LogP contribution >= 0.6 is 0 Å². The maximum absolute atomic E-state index is 11.9. The van der Waals surface area contributed by atoms with Gasteiger partial charge in [-0.2, -0.15) is 17.0 Å². The summed E-state index contributed by atoms with van der Waals surface area (Å²) in [5.74, 6) is 0.169. The average molecular weight is 243 g/mol. The highest BCUT2D eigenvalue weighted by Gasteiger charge is 2.31. The molecule has 2 heterocycles. The van der Waals surface area contributed by atoms with Gasteiger partial charge in [0.25, 0.3) is 10.2 Å². The van der Waals surface area contributed by atoms with Crippen molar-refractivity contribution in [3.05, 3.63) is 17.5 Å². The molecule has 1 aromatic heterocycles. The van der Waals surface area contributed by atoms with E-state index in [0.29, 0.717) is 12.2 Å². The molecule has 1 aliphatic rings. The van der Waals surface area contributed by atoms with E-state index in [1.165, 1.54) is 22.7 Å². The van der Waals surface area contributed by atoms with Gasteiger partial charge in [-0.15, -0.1) is 0 Å². The van der Waals surface area contributed by atoms with Gasteiger partial charge < -0.3 is 5.73 Å². The van der Waals surface area contributed by atoms with Crippen LogP contribution in [0.5, 0.6) is 0 Å². The van der Waals surface area contributed by atoms with Crippen molar-refractivity contribution in [3.8, 4) is 0 Å². The molecule has 0 spiro atoms. The van der Waals surface area contributed by atoms with Crippen molar-refractivity contribution in [2.75, 3.05) is 19.8 Å². The summed E-state index contributed by atoms with van der Waals surface area (Å²) in [6.45, 7) is 0.554. The van der Waals surface area contributed by atoms with Gasteiger partial charge in [-0.3, -0.25) is 0 Å². The molecule has 0 bridgehead atoms. The van der Waals surface area contributed by atoms with E-state index in [2.05, 4.69) is 9.97 Å². The molecule has 1 aliphatic heterocycles. The molecule has 0 atom stereocenters. The van der Waals surface area contributed by atoms with Crippen molar-refractivity contribution in [3.63, 3.8) is 0 Å². The van der Waals surface area contributed by atoms with Crippen LogP contribution in [0.25, 0.3) is 0 Å². The highest BCUT2D eigenvalue weighted by molar-refractivity contribution is 7.86. The van der Waals surface area contributed by atoms with E-state index >= 15 is 0 Å². The topological polar surface area (TPSA) is 92.4 Å². The number of fused-ring (bicyclic) bond motifs is 1. The van der Waals surface area contributed by atoms with Crippen LogP contribution in [0, 0.1) is 0 Å². The second-order valence-corrected chi connectivity index (χ2v) is 5.90. The molecule has 0 saturated carbocycles. The molecular weight excluding hydrogens is 230 g/mol. The molecule has 2 rings (SSSR count). The van der Waals surface area contributed by atoms with E-state index in [1.807, 2.05) is 0 Å². The molecule has 0 radical (unpaired) electrons. The van der Waals surface area contributed by atoms with Crippen LogP contribution in [0.3, 0.4) is 0 Å². The molecule has 1 aromatic rings. The molecule has 88 valence electrons. The fraction of sp³-hybridized carbons (Fsp3) is 0.500. The van der Waals surface area contributed by atoms with Gasteiger partial charge in [0.15, 0.2) is 0 Å². The van der Waals surface area contributed by atoms with Crippen LogP contribution in [0.1, 0.15) is 11.3 Å². The van der Waals surface area contributed by atoms with Crippen LogP contribution in [-0.2, 0) is 23.3 Å². The van der Waals surface area contributed by atoms with Crippen molar-refractivity contribution in [1.82, 2.24) is 18.6 Å². The third kappa shape index (κ3) is 1.75. The Morgan fingerprint density at radius 3 is 2.75 bits per heavy atom. The summed E-state index contributed by atoms with van der Waals surface area (Å²) in [6.07, 6.45) is 1.57. The van der Waals surface area contributed by atoms with Gasteiger partial charge in [0, 0.05) is 32.4 Å². The summed E-state index contributed by atoms with van der Waals surface area (Å²) in [6, 6.07) is 0. The fourth-order valence-corrected chi connectivity index (χ4v) is 2.58. The van der Waals surface area contributed by atoms with Gasteiger partial charge in [-0.25, -0.2) is 9.97 Å². The zero-order valence-corrected chi connectivity index (χ0v) is 9.90. The number of aromatic nitrogens is 2. The monoisotopic (exact) mass is 243 g/mol. The Bertz CT molecular complexity index is 513. The molecule has 8 heteroatoms. The summed E-state index contributed by atoms with van der Waals surface area (Å²) < 4.78 is 26.2. The van der Waals surface area contributed by atoms with Gasteiger partial charge >= 0.3 is 0 Å². The Hall–Kier alpha value is -1.25. The first kappa shape index (κ1) is 11.2. The van der Waals surface area contributed by atoms with Crippen LogP contribution in [0.15, 0.2) is 6.20 Å². The van der Waals surface area contributed by atoms with Crippen LogP contribution < -0.4 is 5.73 Å². The molecule has 0 fully saturated rings. The van der Waals surface area contributed by atoms with Crippen LogP contribution in [-0.4, -0.2) is 41.1 Å². The number of nitrogens with zero attached hydrogens (tertiary/aromatic N) is 4. The van der Waals surface area contributed by atoms with Gasteiger partial charge in [-0.05, 0) is 0 Å². The highest BCUT2D eigenvalue weighted by Crippen LogP contribution is 2.24. The molecule has 0 aliphatic carbocycles. The van der Waals surface area contributed by atoms with E-state index in [0.717, 1.165) is 5.56 Å². The molecule has 16 heavy (non-hydrogen) atoms. The van der Waals surface area contributed by atoms with Crippen molar-refractivity contribution >= 4 is 16.2 Å². The van der Waals surface area contributed by atoms with Gasteiger partial charge in [0.1, 0.15) is 0 Å². The lowest BCUT2D eigenvalue weighted by atomic mass is 10.3. The second kappa shape index (κ2) is 3.65. The standard InChI is InChI=1S/C8H13N5O2S/c1-12(2)16(14,15)13-4-6-3-10-8(9)11-7(6)5-13/h3H,4-5H2,1-2H3,(H2,9,10,11). The van der Waals surface area contributed by atoms with Crippen molar-refractivity contribution in [2.24, 2.45) is 0 Å². The Kier molecular flexibility index (Phi) is 2.56. The van der Waals surface area contributed by atoms with E-state index in [4.69, 9.17) is 5.73 Å². The smallest absolute Gasteiger partial charge is 0.282 e. The minimum atomic E-state index is -3.40. The maximum atomic E-state index is 11.9. The normalized spacial score (nSPS) is 16.7. The van der Waals surface area contributed by atoms with Crippen LogP contribution in [0.2, 0.25) is 0 Å². The molecule has 0 unspecified atom stereocenters. The molecule has 2 N–H and O–H groups in total. The predicted molar refractivity (Wildman–Crippen MR) is 58.3 cm³/mol. The Morgan fingerprint density at radius 2 is 2.12 bits per heavy atom. The number of rotatable bonds is 2. The lowest BCUT2D eigenvalue weighted by molar-refractivity contribution is 0.386. The zero-order valence-electron chi connectivity index (χ0n) is 9.08. The Labute approximate surface area is 94.1 Å². The summed E-state index contributed by atoms with van der Waals surface area (Å²) in [5.41, 5.74) is 6.93. The van der Waals surface area contributed by atoms with Gasteiger partial charge in [0.05, 0.1) is 12.2 Å². The summed E-state index contributed by atoms with van der Waals surface area (Å²) in [4.78, 5) is 7.86. The molecule has 0 saturated heterocycles. The Morgan fingerprint density at radius 1 is 1.44 bits per heavy atom. The fourth-order valence-electron chi connectivity index (χ4n) is 1.53. The first-order valence-corrected chi connectivity index (χ1v) is 6.09. The lowest BCUT2D eigenvalue weighted by Gasteiger charge is -2.19. The maximum Gasteiger partial charge on any atom is 0.282 e. The minimum Gasteiger partial charge on any atom is -0.368 e. The van der Waals surface area contributed by atoms with Crippen molar-refractivity contribution < 1.29 is 8.42 Å². The zero-order chi connectivity index (χ0) is 11.9. The lowest BCUT2D eigenvalue weighted by Crippen LogP contribution is -2.36. The first-order valence-electron chi connectivity index (χ1n) is 4.69. The van der Waals surface area contributed by atoms with E-state index < -0.39 is 10.2 Å². The second-order valence-electron chi connectivity index (χ2n) is 3.76. The highest BCUT2D eigenvalue weighted by atomic mass is 32.2. The number of anilines is 1. The largest absolute Gasteiger partial charge is 0.368 e. The van der Waals surface area contributed by atoms with Gasteiger partial charge in [-0.1, -0.05) is 0 Å². The van der Waals surface area contributed by atoms with Crippen molar-refractivity contribution in [2.45, 2.75) is 13.1 Å². The van der Waals surface area contributed by atoms with Crippen LogP contribution in [0.4, 0.5) is 5.95 Å². The predicted octanol–water partition coefficient (Wildman–Crippen LogP) is -0.819. The summed E-state index contributed by atoms with van der Waals surface area (Å²) in [7, 11) is -0.402. The SMILES string of the molecule is CN(C)S(=O)(=O)N1Cc2cnc(N)nc2C1. The number of nitrogen functional groups attached to an aromatic ring is 1. The quantitative estimate of drug-likeness (QED) is 0.732. The van der Waals surface area contributed by atoms with E-state index in [9.17, 15) is 8.42 Å². The number of hydrogen-bond donors (Lipinski definition) is 1. The average Bonchev–Trinajstić information content (AvgIpc) is 2.60. The molecule has 0 aromatic carbocycles. The molecule has 7 nitrogen and oxygen atoms in total. The number of hydrogen-bond acceptors (Lipinski definition) is 5. The Balaban J connectivity index is 2.30. The third-order valence-corrected chi connectivity index (χ3v) is 4.27. The molecular formula is C8H13N5O2S.